The molecule has 0 radical (unpaired) electrons. The zero-order valence-corrected chi connectivity index (χ0v) is 13.4. The first-order valence-corrected chi connectivity index (χ1v) is 7.40. The summed E-state index contributed by atoms with van der Waals surface area (Å²) in [5, 5.41) is 0.871. The highest BCUT2D eigenvalue weighted by molar-refractivity contribution is 9.10. The molecule has 0 aliphatic heterocycles. The van der Waals surface area contributed by atoms with Crippen LogP contribution < -0.4 is 4.74 Å². The van der Waals surface area contributed by atoms with Crippen LogP contribution in [0.2, 0.25) is 0 Å². The van der Waals surface area contributed by atoms with Gasteiger partial charge in [-0.15, -0.1) is 0 Å². The molecule has 0 aromatic heterocycles. The molecule has 0 aliphatic carbocycles. The van der Waals surface area contributed by atoms with Gasteiger partial charge in [0.2, 0.25) is 0 Å². The van der Waals surface area contributed by atoms with Crippen molar-refractivity contribution in [3.8, 4) is 5.75 Å². The molecule has 1 nitrogen and oxygen atoms in total. The van der Waals surface area contributed by atoms with E-state index in [1.54, 1.807) is 12.1 Å². The minimum atomic E-state index is -0.298. The molecular weight excluding hydrogens is 351 g/mol. The summed E-state index contributed by atoms with van der Waals surface area (Å²) in [7, 11) is 0. The summed E-state index contributed by atoms with van der Waals surface area (Å²) >= 11 is 6.61. The summed E-state index contributed by atoms with van der Waals surface area (Å²) in [4.78, 5) is 0. The molecule has 0 saturated heterocycles. The Morgan fingerprint density at radius 1 is 1.35 bits per heavy atom. The van der Waals surface area contributed by atoms with E-state index in [9.17, 15) is 4.39 Å². The monoisotopic (exact) mass is 366 g/mol. The van der Waals surface area contributed by atoms with E-state index in [0.29, 0.717) is 22.7 Å². The Morgan fingerprint density at radius 2 is 2.00 bits per heavy atom. The summed E-state index contributed by atoms with van der Waals surface area (Å²) in [6.45, 7) is 7.09. The van der Waals surface area contributed by atoms with Crippen molar-refractivity contribution < 1.29 is 9.13 Å². The van der Waals surface area contributed by atoms with Gasteiger partial charge in [-0.3, -0.25) is 0 Å². The maximum absolute atomic E-state index is 13.3. The molecule has 0 bridgehead atoms. The average molecular weight is 368 g/mol. The third kappa shape index (κ3) is 4.59. The Morgan fingerprint density at radius 3 is 2.47 bits per heavy atom. The molecule has 0 heterocycles. The highest BCUT2D eigenvalue weighted by atomic mass is 79.9. The van der Waals surface area contributed by atoms with Crippen LogP contribution in [-0.2, 0) is 0 Å². The molecule has 0 aliphatic rings. The second-order valence-electron chi connectivity index (χ2n) is 5.10. The first-order chi connectivity index (χ1) is 7.84. The predicted octanol–water partition coefficient (Wildman–Crippen LogP) is 5.02. The normalized spacial score (nSPS) is 13.5. The quantitative estimate of drug-likeness (QED) is 0.678. The molecule has 0 amide bonds. The van der Waals surface area contributed by atoms with Crippen LogP contribution in [0.25, 0.3) is 0 Å². The van der Waals surface area contributed by atoms with E-state index in [4.69, 9.17) is 4.74 Å². The minimum absolute atomic E-state index is 0.164. The summed E-state index contributed by atoms with van der Waals surface area (Å²) in [6.07, 6.45) is 0. The molecule has 1 atom stereocenters. The summed E-state index contributed by atoms with van der Waals surface area (Å²) in [5.74, 6) is 0.656. The summed E-state index contributed by atoms with van der Waals surface area (Å²) in [6, 6.07) is 4.82. The van der Waals surface area contributed by atoms with Crippen LogP contribution in [0.1, 0.15) is 20.8 Å². The number of hydrogen-bond acceptors (Lipinski definition) is 1. The Kier molecular flexibility index (Phi) is 5.45. The zero-order chi connectivity index (χ0) is 13.1. The Bertz CT molecular complexity index is 374. The van der Waals surface area contributed by atoms with Gasteiger partial charge in [0.1, 0.15) is 11.6 Å². The molecule has 1 aromatic carbocycles. The molecule has 0 saturated carbocycles. The minimum Gasteiger partial charge on any atom is -0.493 e. The maximum atomic E-state index is 13.3. The van der Waals surface area contributed by atoms with Crippen LogP contribution in [0.3, 0.4) is 0 Å². The molecule has 96 valence electrons. The highest BCUT2D eigenvalue weighted by Gasteiger charge is 2.24. The van der Waals surface area contributed by atoms with Crippen molar-refractivity contribution in [3.63, 3.8) is 0 Å². The van der Waals surface area contributed by atoms with E-state index in [2.05, 4.69) is 52.6 Å². The molecule has 1 aromatic rings. The fourth-order valence-electron chi connectivity index (χ4n) is 1.29. The largest absolute Gasteiger partial charge is 0.493 e. The fourth-order valence-corrected chi connectivity index (χ4v) is 2.69. The molecule has 0 fully saturated rings. The topological polar surface area (TPSA) is 9.23 Å². The van der Waals surface area contributed by atoms with Gasteiger partial charge in [0, 0.05) is 17.3 Å². The molecular formula is C13H17Br2FO. The highest BCUT2D eigenvalue weighted by Crippen LogP contribution is 2.29. The number of hydrogen-bond donors (Lipinski definition) is 0. The lowest BCUT2D eigenvalue weighted by molar-refractivity contribution is 0.165. The molecule has 0 spiro atoms. The first kappa shape index (κ1) is 15.0. The van der Waals surface area contributed by atoms with Gasteiger partial charge in [-0.1, -0.05) is 36.7 Å². The van der Waals surface area contributed by atoms with Crippen molar-refractivity contribution in [1.82, 2.24) is 0 Å². The standard InChI is InChI=1S/C13H17Br2FO/c1-13(2,3)9(7-14)8-17-10-4-5-11(15)12(16)6-10/h4-6,9H,7-8H2,1-3H3. The van der Waals surface area contributed by atoms with Gasteiger partial charge in [0.25, 0.3) is 0 Å². The average Bonchev–Trinajstić information content (AvgIpc) is 2.22. The third-order valence-corrected chi connectivity index (χ3v) is 4.18. The van der Waals surface area contributed by atoms with Gasteiger partial charge >= 0.3 is 0 Å². The van der Waals surface area contributed by atoms with E-state index in [0.717, 1.165) is 5.33 Å². The molecule has 0 N–H and O–H groups in total. The zero-order valence-electron chi connectivity index (χ0n) is 10.3. The predicted molar refractivity (Wildman–Crippen MR) is 76.3 cm³/mol. The lowest BCUT2D eigenvalue weighted by Gasteiger charge is -2.28. The Balaban J connectivity index is 2.63. The van der Waals surface area contributed by atoms with Crippen LogP contribution in [0.4, 0.5) is 4.39 Å². The molecule has 4 heteroatoms. The van der Waals surface area contributed by atoms with Crippen molar-refractivity contribution in [2.75, 3.05) is 11.9 Å². The van der Waals surface area contributed by atoms with Crippen molar-refractivity contribution in [2.45, 2.75) is 20.8 Å². The van der Waals surface area contributed by atoms with Gasteiger partial charge in [0.05, 0.1) is 11.1 Å². The summed E-state index contributed by atoms with van der Waals surface area (Å²) < 4.78 is 19.4. The fraction of sp³-hybridized carbons (Fsp3) is 0.538. The van der Waals surface area contributed by atoms with Gasteiger partial charge in [-0.2, -0.15) is 0 Å². The van der Waals surface area contributed by atoms with Crippen LogP contribution in [-0.4, -0.2) is 11.9 Å². The lowest BCUT2D eigenvalue weighted by Crippen LogP contribution is -2.27. The van der Waals surface area contributed by atoms with E-state index in [-0.39, 0.29) is 11.2 Å². The van der Waals surface area contributed by atoms with Crippen LogP contribution in [0.5, 0.6) is 5.75 Å². The Hall–Kier alpha value is -0.0900. The van der Waals surface area contributed by atoms with Gasteiger partial charge in [-0.25, -0.2) is 4.39 Å². The first-order valence-electron chi connectivity index (χ1n) is 5.48. The van der Waals surface area contributed by atoms with Crippen LogP contribution in [0, 0.1) is 17.2 Å². The smallest absolute Gasteiger partial charge is 0.141 e. The number of rotatable bonds is 4. The van der Waals surface area contributed by atoms with Crippen molar-refractivity contribution in [3.05, 3.63) is 28.5 Å². The number of halogens is 3. The van der Waals surface area contributed by atoms with E-state index < -0.39 is 0 Å². The SMILES string of the molecule is CC(C)(C)C(CBr)COc1ccc(Br)c(F)c1. The second-order valence-corrected chi connectivity index (χ2v) is 6.61. The Labute approximate surface area is 119 Å². The van der Waals surface area contributed by atoms with Gasteiger partial charge < -0.3 is 4.74 Å². The van der Waals surface area contributed by atoms with Crippen molar-refractivity contribution >= 4 is 31.9 Å². The third-order valence-electron chi connectivity index (χ3n) is 2.75. The van der Waals surface area contributed by atoms with Gasteiger partial charge in [-0.05, 0) is 33.5 Å². The van der Waals surface area contributed by atoms with Crippen molar-refractivity contribution in [2.24, 2.45) is 11.3 Å². The van der Waals surface area contributed by atoms with E-state index >= 15 is 0 Å². The van der Waals surface area contributed by atoms with E-state index in [1.165, 1.54) is 6.07 Å². The van der Waals surface area contributed by atoms with Crippen LogP contribution in [0.15, 0.2) is 22.7 Å². The maximum Gasteiger partial charge on any atom is 0.141 e. The number of alkyl halides is 1. The molecule has 17 heavy (non-hydrogen) atoms. The second kappa shape index (κ2) is 6.19. The summed E-state index contributed by atoms with van der Waals surface area (Å²) in [5.41, 5.74) is 0.164. The lowest BCUT2D eigenvalue weighted by atomic mass is 9.83. The number of ether oxygens (including phenoxy) is 1. The molecule has 1 rings (SSSR count). The van der Waals surface area contributed by atoms with Crippen LogP contribution >= 0.6 is 31.9 Å². The van der Waals surface area contributed by atoms with Gasteiger partial charge in [0.15, 0.2) is 0 Å². The molecule has 1 unspecified atom stereocenters. The van der Waals surface area contributed by atoms with Crippen molar-refractivity contribution in [1.29, 1.82) is 0 Å². The van der Waals surface area contributed by atoms with E-state index in [1.807, 2.05) is 0 Å². The number of benzene rings is 1.